The fourth-order valence-electron chi connectivity index (χ4n) is 2.80. The van der Waals surface area contributed by atoms with Crippen LogP contribution in [0.5, 0.6) is 0 Å². The van der Waals surface area contributed by atoms with E-state index in [4.69, 9.17) is 0 Å². The van der Waals surface area contributed by atoms with Gasteiger partial charge in [0, 0.05) is 33.2 Å². The van der Waals surface area contributed by atoms with Crippen LogP contribution >= 0.6 is 24.0 Å². The van der Waals surface area contributed by atoms with Crippen molar-refractivity contribution in [3.8, 4) is 0 Å². The van der Waals surface area contributed by atoms with E-state index in [9.17, 15) is 8.42 Å². The number of halogens is 1. The molecule has 0 atom stereocenters. The average Bonchev–Trinajstić information content (AvgIpc) is 2.63. The van der Waals surface area contributed by atoms with E-state index < -0.39 is 10.0 Å². The van der Waals surface area contributed by atoms with Crippen molar-refractivity contribution in [2.24, 2.45) is 10.9 Å². The number of nitrogens with one attached hydrogen (secondary N) is 2. The Labute approximate surface area is 168 Å². The number of guanidine groups is 1. The highest BCUT2D eigenvalue weighted by Crippen LogP contribution is 2.23. The number of benzene rings is 1. The number of nitrogens with zero attached hydrogens (tertiary/aromatic N) is 2. The fourth-order valence-corrected chi connectivity index (χ4v) is 4.29. The number of hydrogen-bond acceptors (Lipinski definition) is 3. The van der Waals surface area contributed by atoms with Crippen LogP contribution in [0.1, 0.15) is 26.2 Å². The highest BCUT2D eigenvalue weighted by molar-refractivity contribution is 14.0. The van der Waals surface area contributed by atoms with Crippen molar-refractivity contribution in [1.82, 2.24) is 14.9 Å². The Balaban J connectivity index is 0.00000312. The summed E-state index contributed by atoms with van der Waals surface area (Å²) in [5.41, 5.74) is 0. The molecule has 1 aliphatic heterocycles. The first-order chi connectivity index (χ1) is 11.6. The highest BCUT2D eigenvalue weighted by atomic mass is 127. The maximum atomic E-state index is 12.6. The van der Waals surface area contributed by atoms with Crippen molar-refractivity contribution in [1.29, 1.82) is 0 Å². The average molecular weight is 480 g/mol. The molecule has 0 radical (unpaired) electrons. The molecule has 1 aliphatic rings. The third kappa shape index (κ3) is 6.41. The smallest absolute Gasteiger partial charge is 0.243 e. The Bertz CT molecular complexity index is 629. The standard InChI is InChI=1S/C17H28N4O2S.HI/c1-3-11-19-17(18-2)20-14-15-9-12-21(13-10-15)24(22,23)16-7-5-4-6-8-16;/h4-8,15H,3,9-14H2,1-2H3,(H2,18,19,20);1H. The summed E-state index contributed by atoms with van der Waals surface area (Å²) in [4.78, 5) is 4.57. The molecule has 1 heterocycles. The normalized spacial score (nSPS) is 17.0. The van der Waals surface area contributed by atoms with Crippen LogP contribution in [-0.2, 0) is 10.0 Å². The molecule has 6 nitrogen and oxygen atoms in total. The minimum Gasteiger partial charge on any atom is -0.356 e. The van der Waals surface area contributed by atoms with Crippen LogP contribution in [0, 0.1) is 5.92 Å². The summed E-state index contributed by atoms with van der Waals surface area (Å²) in [5.74, 6) is 1.28. The van der Waals surface area contributed by atoms with Crippen molar-refractivity contribution >= 4 is 40.0 Å². The van der Waals surface area contributed by atoms with Crippen LogP contribution in [0.2, 0.25) is 0 Å². The molecule has 0 bridgehead atoms. The monoisotopic (exact) mass is 480 g/mol. The molecule has 1 aromatic rings. The van der Waals surface area contributed by atoms with E-state index >= 15 is 0 Å². The number of aliphatic imine (C=N–C) groups is 1. The zero-order valence-electron chi connectivity index (χ0n) is 14.9. The topological polar surface area (TPSA) is 73.8 Å². The Morgan fingerprint density at radius 2 is 1.84 bits per heavy atom. The van der Waals surface area contributed by atoms with Gasteiger partial charge in [-0.1, -0.05) is 25.1 Å². The summed E-state index contributed by atoms with van der Waals surface area (Å²) in [6.07, 6.45) is 2.78. The first-order valence-corrected chi connectivity index (χ1v) is 10.0. The number of sulfonamides is 1. The Morgan fingerprint density at radius 3 is 2.40 bits per heavy atom. The quantitative estimate of drug-likeness (QED) is 0.372. The summed E-state index contributed by atoms with van der Waals surface area (Å²) in [7, 11) is -1.59. The molecule has 2 rings (SSSR count). The second-order valence-corrected chi connectivity index (χ2v) is 7.98. The van der Waals surface area contributed by atoms with E-state index in [2.05, 4.69) is 22.5 Å². The molecule has 25 heavy (non-hydrogen) atoms. The van der Waals surface area contributed by atoms with Crippen molar-refractivity contribution in [3.05, 3.63) is 30.3 Å². The largest absolute Gasteiger partial charge is 0.356 e. The number of rotatable bonds is 6. The number of hydrogen-bond donors (Lipinski definition) is 2. The van der Waals surface area contributed by atoms with E-state index in [0.717, 1.165) is 38.3 Å². The third-order valence-corrected chi connectivity index (χ3v) is 6.19. The van der Waals surface area contributed by atoms with Gasteiger partial charge in [0.2, 0.25) is 10.0 Å². The molecule has 142 valence electrons. The van der Waals surface area contributed by atoms with Crippen LogP contribution in [0.15, 0.2) is 40.2 Å². The lowest BCUT2D eigenvalue weighted by atomic mass is 9.98. The van der Waals surface area contributed by atoms with Gasteiger partial charge < -0.3 is 10.6 Å². The van der Waals surface area contributed by atoms with Crippen molar-refractivity contribution in [3.63, 3.8) is 0 Å². The second kappa shape index (κ2) is 11.0. The lowest BCUT2D eigenvalue weighted by Crippen LogP contribution is -2.44. The summed E-state index contributed by atoms with van der Waals surface area (Å²) in [6.45, 7) is 4.98. The molecular weight excluding hydrogens is 451 g/mol. The minimum absolute atomic E-state index is 0. The van der Waals surface area contributed by atoms with Gasteiger partial charge in [0.05, 0.1) is 4.90 Å². The molecule has 0 saturated carbocycles. The van der Waals surface area contributed by atoms with Gasteiger partial charge in [0.1, 0.15) is 0 Å². The van der Waals surface area contributed by atoms with Gasteiger partial charge >= 0.3 is 0 Å². The Kier molecular flexibility index (Phi) is 9.73. The zero-order chi connectivity index (χ0) is 17.4. The molecule has 1 aromatic carbocycles. The molecule has 1 fully saturated rings. The molecular formula is C17H29IN4O2S. The van der Waals surface area contributed by atoms with Gasteiger partial charge in [-0.3, -0.25) is 4.99 Å². The number of piperidine rings is 1. The van der Waals surface area contributed by atoms with Crippen molar-refractivity contribution in [2.45, 2.75) is 31.1 Å². The van der Waals surface area contributed by atoms with E-state index in [1.807, 2.05) is 6.07 Å². The van der Waals surface area contributed by atoms with Gasteiger partial charge in [0.15, 0.2) is 5.96 Å². The first kappa shape index (κ1) is 22.2. The highest BCUT2D eigenvalue weighted by Gasteiger charge is 2.29. The van der Waals surface area contributed by atoms with Gasteiger partial charge in [-0.05, 0) is 37.3 Å². The van der Waals surface area contributed by atoms with Gasteiger partial charge in [-0.15, -0.1) is 24.0 Å². The van der Waals surface area contributed by atoms with Crippen LogP contribution in [0.3, 0.4) is 0 Å². The molecule has 2 N–H and O–H groups in total. The summed E-state index contributed by atoms with van der Waals surface area (Å²) < 4.78 is 26.8. The molecule has 0 aliphatic carbocycles. The molecule has 0 aromatic heterocycles. The van der Waals surface area contributed by atoms with E-state index in [-0.39, 0.29) is 24.0 Å². The SMILES string of the molecule is CCCNC(=NC)NCC1CCN(S(=O)(=O)c2ccccc2)CC1.I. The van der Waals surface area contributed by atoms with E-state index in [1.54, 1.807) is 35.6 Å². The van der Waals surface area contributed by atoms with Gasteiger partial charge in [-0.2, -0.15) is 4.31 Å². The van der Waals surface area contributed by atoms with E-state index in [0.29, 0.717) is 23.9 Å². The third-order valence-electron chi connectivity index (χ3n) is 4.28. The van der Waals surface area contributed by atoms with Gasteiger partial charge in [0.25, 0.3) is 0 Å². The van der Waals surface area contributed by atoms with Crippen LogP contribution in [-0.4, -0.2) is 51.9 Å². The lowest BCUT2D eigenvalue weighted by molar-refractivity contribution is 0.273. The van der Waals surface area contributed by atoms with Crippen LogP contribution in [0.25, 0.3) is 0 Å². The Hall–Kier alpha value is -0.870. The summed E-state index contributed by atoms with van der Waals surface area (Å²) >= 11 is 0. The molecule has 0 amide bonds. The molecule has 0 unspecified atom stereocenters. The predicted molar refractivity (Wildman–Crippen MR) is 113 cm³/mol. The summed E-state index contributed by atoms with van der Waals surface area (Å²) in [5, 5.41) is 6.58. The fraction of sp³-hybridized carbons (Fsp3) is 0.588. The molecule has 0 spiro atoms. The molecule has 8 heteroatoms. The first-order valence-electron chi connectivity index (χ1n) is 8.57. The Morgan fingerprint density at radius 1 is 1.20 bits per heavy atom. The predicted octanol–water partition coefficient (Wildman–Crippen LogP) is 2.28. The van der Waals surface area contributed by atoms with Crippen molar-refractivity contribution < 1.29 is 8.42 Å². The maximum absolute atomic E-state index is 12.6. The van der Waals surface area contributed by atoms with Crippen LogP contribution in [0.4, 0.5) is 0 Å². The van der Waals surface area contributed by atoms with Gasteiger partial charge in [-0.25, -0.2) is 8.42 Å². The lowest BCUT2D eigenvalue weighted by Gasteiger charge is -2.31. The molecule has 1 saturated heterocycles. The zero-order valence-corrected chi connectivity index (χ0v) is 18.1. The minimum atomic E-state index is -3.36. The van der Waals surface area contributed by atoms with Crippen LogP contribution < -0.4 is 10.6 Å². The van der Waals surface area contributed by atoms with Crippen molar-refractivity contribution in [2.75, 3.05) is 33.2 Å². The van der Waals surface area contributed by atoms with E-state index in [1.165, 1.54) is 0 Å². The summed E-state index contributed by atoms with van der Waals surface area (Å²) in [6, 6.07) is 8.67. The maximum Gasteiger partial charge on any atom is 0.243 e. The second-order valence-electron chi connectivity index (χ2n) is 6.04.